The molecule has 3 rings (SSSR count). The lowest BCUT2D eigenvalue weighted by Gasteiger charge is -2.57. The molecule has 1 aromatic heterocycles. The number of carbonyl (C=O) groups excluding carboxylic acids is 1. The van der Waals surface area contributed by atoms with E-state index in [1.807, 2.05) is 0 Å². The molecule has 0 aliphatic heterocycles. The van der Waals surface area contributed by atoms with E-state index in [1.54, 1.807) is 39.0 Å². The standard InChI is InChI=1S/C24H24B4N2O8/c1-20(2,3)13-8-14(21(22(25,26)34,23(27,35)36)24(28,37)38)17(31)9-16(13)30-19(33)12-10-29-15-7-5-4-6-11(15)18(12)32/h4-10,31,34-38H,1-3H3,(H,29,32)(H,30,33). The second-order valence-corrected chi connectivity index (χ2v) is 10.2. The van der Waals surface area contributed by atoms with Gasteiger partial charge in [-0.1, -0.05) is 32.9 Å². The number of pyridine rings is 1. The maximum absolute atomic E-state index is 13.1. The molecule has 0 bridgehead atoms. The summed E-state index contributed by atoms with van der Waals surface area (Å²) < 4.78 is 0. The zero-order valence-corrected chi connectivity index (χ0v) is 20.9. The molecule has 8 N–H and O–H groups in total. The van der Waals surface area contributed by atoms with Crippen molar-refractivity contribution in [3.8, 4) is 5.75 Å². The van der Waals surface area contributed by atoms with Crippen LogP contribution >= 0.6 is 0 Å². The normalized spacial score (nSPS) is 13.5. The summed E-state index contributed by atoms with van der Waals surface area (Å²) in [5.74, 6) is -1.84. The molecule has 3 aromatic rings. The Morgan fingerprint density at radius 1 is 0.895 bits per heavy atom. The van der Waals surface area contributed by atoms with Gasteiger partial charge in [-0.15, -0.1) is 0 Å². The highest BCUT2D eigenvalue weighted by Crippen LogP contribution is 2.51. The fourth-order valence-corrected chi connectivity index (χ4v) is 4.61. The number of para-hydroxylation sites is 1. The van der Waals surface area contributed by atoms with Crippen molar-refractivity contribution in [1.82, 2.24) is 4.98 Å². The molecule has 0 atom stereocenters. The van der Waals surface area contributed by atoms with Crippen LogP contribution in [0.4, 0.5) is 5.69 Å². The SMILES string of the molecule is [B]C([B])(O)C(c1cc(C(C)(C)C)c(NC(=O)c2c[nH]c3ccccc3c2=O)cc1O)(C([B])(O)O)C([B])(O)O. The van der Waals surface area contributed by atoms with E-state index in [4.69, 9.17) is 31.4 Å². The Morgan fingerprint density at radius 3 is 1.95 bits per heavy atom. The summed E-state index contributed by atoms with van der Waals surface area (Å²) >= 11 is 0. The van der Waals surface area contributed by atoms with Crippen LogP contribution in [-0.2, 0) is 10.8 Å². The number of rotatable bonds is 6. The Kier molecular flexibility index (Phi) is 7.24. The van der Waals surface area contributed by atoms with Gasteiger partial charge in [0.25, 0.3) is 5.91 Å². The summed E-state index contributed by atoms with van der Waals surface area (Å²) in [5.41, 5.74) is -13.3. The second-order valence-electron chi connectivity index (χ2n) is 10.2. The molecule has 0 saturated heterocycles. The van der Waals surface area contributed by atoms with Gasteiger partial charge in [-0.2, -0.15) is 0 Å². The maximum atomic E-state index is 13.1. The number of nitrogens with one attached hydrogen (secondary N) is 2. The minimum atomic E-state index is -3.83. The van der Waals surface area contributed by atoms with E-state index in [0.29, 0.717) is 5.52 Å². The van der Waals surface area contributed by atoms with Crippen LogP contribution in [0.3, 0.4) is 0 Å². The predicted molar refractivity (Wildman–Crippen MR) is 143 cm³/mol. The number of benzene rings is 2. The predicted octanol–water partition coefficient (Wildman–Crippen LogP) is -1.38. The zero-order chi connectivity index (χ0) is 29.1. The molecule has 1 amide bonds. The van der Waals surface area contributed by atoms with Crippen molar-refractivity contribution in [2.24, 2.45) is 0 Å². The van der Waals surface area contributed by atoms with Gasteiger partial charge in [0.05, 0.1) is 5.41 Å². The van der Waals surface area contributed by atoms with E-state index < -0.39 is 50.3 Å². The molecule has 0 fully saturated rings. The van der Waals surface area contributed by atoms with Crippen molar-refractivity contribution in [3.05, 3.63) is 69.5 Å². The van der Waals surface area contributed by atoms with Crippen LogP contribution in [0.1, 0.15) is 42.3 Å². The molecule has 38 heavy (non-hydrogen) atoms. The second kappa shape index (κ2) is 9.32. The number of H-pyrrole nitrogens is 1. The summed E-state index contributed by atoms with van der Waals surface area (Å²) in [7, 11) is 21.8. The smallest absolute Gasteiger partial charge is 0.261 e. The number of phenols is 1. The number of fused-ring (bicyclic) bond motifs is 1. The van der Waals surface area contributed by atoms with E-state index in [2.05, 4.69) is 10.3 Å². The number of phenolic OH excluding ortho intramolecular Hbond substituents is 1. The molecule has 190 valence electrons. The molecule has 0 saturated carbocycles. The van der Waals surface area contributed by atoms with Crippen LogP contribution in [0.5, 0.6) is 5.75 Å². The van der Waals surface area contributed by atoms with Crippen molar-refractivity contribution < 1.29 is 35.4 Å². The Balaban J connectivity index is 2.27. The Labute approximate surface area is 223 Å². The van der Waals surface area contributed by atoms with Crippen molar-refractivity contribution >= 4 is 53.9 Å². The number of anilines is 1. The Hall–Kier alpha value is -3.02. The van der Waals surface area contributed by atoms with Crippen LogP contribution in [0.15, 0.2) is 47.4 Å². The average Bonchev–Trinajstić information content (AvgIpc) is 2.72. The third-order valence-electron chi connectivity index (χ3n) is 6.33. The molecule has 0 aliphatic carbocycles. The number of carbonyl (C=O) groups is 1. The third kappa shape index (κ3) is 4.78. The van der Waals surface area contributed by atoms with Gasteiger partial charge < -0.3 is 40.9 Å². The van der Waals surface area contributed by atoms with Gasteiger partial charge in [-0.05, 0) is 29.2 Å². The molecule has 10 nitrogen and oxygen atoms in total. The van der Waals surface area contributed by atoms with Gasteiger partial charge in [0, 0.05) is 39.8 Å². The largest absolute Gasteiger partial charge is 0.508 e. The monoisotopic (exact) mass is 512 g/mol. The molecule has 0 spiro atoms. The highest BCUT2D eigenvalue weighted by molar-refractivity contribution is 6.41. The van der Waals surface area contributed by atoms with E-state index in [1.165, 1.54) is 12.3 Å². The lowest BCUT2D eigenvalue weighted by Crippen LogP contribution is -2.77. The lowest BCUT2D eigenvalue weighted by molar-refractivity contribution is -0.269. The number of aliphatic hydroxyl groups is 5. The van der Waals surface area contributed by atoms with Crippen LogP contribution in [0, 0.1) is 0 Å². The van der Waals surface area contributed by atoms with Crippen molar-refractivity contribution in [2.75, 3.05) is 5.32 Å². The highest BCUT2D eigenvalue weighted by atomic mass is 16.5. The number of amides is 1. The van der Waals surface area contributed by atoms with E-state index in [-0.39, 0.29) is 22.2 Å². The summed E-state index contributed by atoms with van der Waals surface area (Å²) in [5, 5.41) is 62.1. The molecule has 0 unspecified atom stereocenters. The van der Waals surface area contributed by atoms with E-state index in [9.17, 15) is 40.2 Å². The van der Waals surface area contributed by atoms with Crippen molar-refractivity contribution in [2.45, 2.75) is 48.4 Å². The molecular formula is C24H24B4N2O8. The first-order valence-corrected chi connectivity index (χ1v) is 11.2. The van der Waals surface area contributed by atoms with Gasteiger partial charge in [-0.3, -0.25) is 9.59 Å². The van der Waals surface area contributed by atoms with Crippen molar-refractivity contribution in [1.29, 1.82) is 0 Å². The van der Waals surface area contributed by atoms with E-state index in [0.717, 1.165) is 12.1 Å². The van der Waals surface area contributed by atoms with Crippen LogP contribution < -0.4 is 10.7 Å². The van der Waals surface area contributed by atoms with Gasteiger partial charge >= 0.3 is 0 Å². The molecule has 14 heteroatoms. The van der Waals surface area contributed by atoms with Gasteiger partial charge in [0.15, 0.2) is 15.7 Å². The number of hydrogen-bond acceptors (Lipinski definition) is 8. The Morgan fingerprint density at radius 2 is 1.45 bits per heavy atom. The number of aromatic nitrogens is 1. The fourth-order valence-electron chi connectivity index (χ4n) is 4.61. The molecular weight excluding hydrogens is 488 g/mol. The fraction of sp³-hybridized carbons (Fsp3) is 0.333. The quantitative estimate of drug-likeness (QED) is 0.147. The summed E-state index contributed by atoms with van der Waals surface area (Å²) in [4.78, 5) is 28.9. The van der Waals surface area contributed by atoms with Crippen LogP contribution in [0.25, 0.3) is 10.9 Å². The minimum Gasteiger partial charge on any atom is -0.508 e. The number of hydrogen-bond donors (Lipinski definition) is 8. The number of aromatic amines is 1. The molecule has 8 radical (unpaired) electrons. The van der Waals surface area contributed by atoms with Gasteiger partial charge in [0.1, 0.15) is 38.4 Å². The number of aromatic hydroxyl groups is 1. The van der Waals surface area contributed by atoms with E-state index >= 15 is 0 Å². The van der Waals surface area contributed by atoms with Crippen LogP contribution in [-0.4, -0.2) is 89.7 Å². The topological polar surface area (TPSA) is 183 Å². The highest BCUT2D eigenvalue weighted by Gasteiger charge is 2.65. The first-order chi connectivity index (χ1) is 17.1. The maximum Gasteiger partial charge on any atom is 0.261 e. The molecule has 0 aliphatic rings. The minimum absolute atomic E-state index is 0.0696. The molecule has 1 heterocycles. The van der Waals surface area contributed by atoms with Gasteiger partial charge in [0.2, 0.25) is 5.43 Å². The first-order valence-electron chi connectivity index (χ1n) is 11.2. The Bertz CT molecular complexity index is 1410. The van der Waals surface area contributed by atoms with Gasteiger partial charge in [-0.25, -0.2) is 0 Å². The summed E-state index contributed by atoms with van der Waals surface area (Å²) in [6, 6.07) is 8.40. The first kappa shape index (κ1) is 29.5. The third-order valence-corrected chi connectivity index (χ3v) is 6.33. The summed E-state index contributed by atoms with van der Waals surface area (Å²) in [6.45, 7) is 4.96. The van der Waals surface area contributed by atoms with Crippen molar-refractivity contribution in [3.63, 3.8) is 0 Å². The summed E-state index contributed by atoms with van der Waals surface area (Å²) in [6.07, 6.45) is 1.22. The zero-order valence-electron chi connectivity index (χ0n) is 20.9. The average molecular weight is 512 g/mol. The molecule has 2 aromatic carbocycles. The lowest BCUT2D eigenvalue weighted by atomic mass is 9.38. The van der Waals surface area contributed by atoms with Crippen LogP contribution in [0.2, 0.25) is 0 Å².